The zero-order valence-corrected chi connectivity index (χ0v) is 11.5. The predicted molar refractivity (Wildman–Crippen MR) is 73.2 cm³/mol. The van der Waals surface area contributed by atoms with Crippen molar-refractivity contribution in [1.29, 1.82) is 0 Å². The van der Waals surface area contributed by atoms with Crippen LogP contribution in [0, 0.1) is 0 Å². The van der Waals surface area contributed by atoms with E-state index in [2.05, 4.69) is 26.6 Å². The lowest BCUT2D eigenvalue weighted by atomic mass is 10.2. The van der Waals surface area contributed by atoms with E-state index in [1.54, 1.807) is 18.2 Å². The van der Waals surface area contributed by atoms with Crippen molar-refractivity contribution in [1.82, 2.24) is 10.6 Å². The number of hydrogen-bond acceptors (Lipinski definition) is 3. The molecule has 0 aromatic heterocycles. The first-order valence-corrected chi connectivity index (χ1v) is 6.43. The average molecular weight is 314 g/mol. The summed E-state index contributed by atoms with van der Waals surface area (Å²) in [5.74, 6) is -0.489. The third kappa shape index (κ3) is 5.29. The van der Waals surface area contributed by atoms with Crippen LogP contribution < -0.4 is 16.4 Å². The second-order valence-electron chi connectivity index (χ2n) is 3.69. The Morgan fingerprint density at radius 3 is 2.72 bits per heavy atom. The third-order valence-electron chi connectivity index (χ3n) is 2.20. The predicted octanol–water partition coefficient (Wildman–Crippen LogP) is 0.644. The Labute approximate surface area is 114 Å². The molecule has 1 aromatic rings. The summed E-state index contributed by atoms with van der Waals surface area (Å²) < 4.78 is 0.822. The maximum Gasteiger partial charge on any atom is 0.251 e. The van der Waals surface area contributed by atoms with Gasteiger partial charge in [-0.1, -0.05) is 22.0 Å². The molecule has 0 aliphatic rings. The Morgan fingerprint density at radius 2 is 2.06 bits per heavy atom. The first kappa shape index (κ1) is 14.7. The Morgan fingerprint density at radius 1 is 1.28 bits per heavy atom. The number of amides is 2. The number of hydrogen-bond donors (Lipinski definition) is 3. The molecule has 0 radical (unpaired) electrons. The third-order valence-corrected chi connectivity index (χ3v) is 2.69. The molecule has 4 N–H and O–H groups in total. The van der Waals surface area contributed by atoms with Crippen LogP contribution in [0.1, 0.15) is 16.8 Å². The van der Waals surface area contributed by atoms with E-state index in [4.69, 9.17) is 5.73 Å². The molecule has 2 amide bonds. The zero-order chi connectivity index (χ0) is 13.4. The first-order valence-electron chi connectivity index (χ1n) is 5.64. The molecule has 0 aliphatic carbocycles. The highest BCUT2D eigenvalue weighted by Gasteiger charge is 2.07. The lowest BCUT2D eigenvalue weighted by molar-refractivity contribution is -0.120. The van der Waals surface area contributed by atoms with E-state index in [0.717, 1.165) is 10.9 Å². The molecule has 0 spiro atoms. The van der Waals surface area contributed by atoms with Gasteiger partial charge in [0, 0.05) is 16.6 Å². The van der Waals surface area contributed by atoms with E-state index in [1.807, 2.05) is 6.07 Å². The summed E-state index contributed by atoms with van der Waals surface area (Å²) in [5.41, 5.74) is 5.81. The molecule has 0 aliphatic heterocycles. The molecule has 6 heteroatoms. The van der Waals surface area contributed by atoms with Crippen molar-refractivity contribution in [2.45, 2.75) is 6.42 Å². The van der Waals surface area contributed by atoms with Crippen LogP contribution in [0.3, 0.4) is 0 Å². The lowest BCUT2D eigenvalue weighted by Crippen LogP contribution is -2.37. The second-order valence-corrected chi connectivity index (χ2v) is 4.60. The highest BCUT2D eigenvalue weighted by Crippen LogP contribution is 2.11. The highest BCUT2D eigenvalue weighted by molar-refractivity contribution is 9.10. The maximum atomic E-state index is 11.7. The molecule has 0 atom stereocenters. The van der Waals surface area contributed by atoms with Crippen molar-refractivity contribution in [2.75, 3.05) is 19.6 Å². The van der Waals surface area contributed by atoms with Gasteiger partial charge in [-0.15, -0.1) is 0 Å². The molecular weight excluding hydrogens is 298 g/mol. The molecule has 0 unspecified atom stereocenters. The number of carbonyl (C=O) groups excluding carboxylic acids is 2. The van der Waals surface area contributed by atoms with E-state index < -0.39 is 0 Å². The first-order chi connectivity index (χ1) is 8.63. The normalized spacial score (nSPS) is 9.89. The monoisotopic (exact) mass is 313 g/mol. The Balaban J connectivity index is 2.35. The van der Waals surface area contributed by atoms with Gasteiger partial charge >= 0.3 is 0 Å². The minimum Gasteiger partial charge on any atom is -0.355 e. The van der Waals surface area contributed by atoms with Gasteiger partial charge in [0.2, 0.25) is 5.91 Å². The zero-order valence-electron chi connectivity index (χ0n) is 9.91. The smallest absolute Gasteiger partial charge is 0.251 e. The minimum absolute atomic E-state index is 0.0318. The largest absolute Gasteiger partial charge is 0.355 e. The Bertz CT molecular complexity index is 424. The summed E-state index contributed by atoms with van der Waals surface area (Å²) >= 11 is 3.28. The van der Waals surface area contributed by atoms with E-state index >= 15 is 0 Å². The number of halogens is 1. The molecular formula is C12H16BrN3O2. The molecule has 98 valence electrons. The molecule has 18 heavy (non-hydrogen) atoms. The topological polar surface area (TPSA) is 84.2 Å². The van der Waals surface area contributed by atoms with Gasteiger partial charge in [-0.3, -0.25) is 9.59 Å². The summed E-state index contributed by atoms with van der Waals surface area (Å²) in [4.78, 5) is 23.0. The van der Waals surface area contributed by atoms with Crippen LogP contribution in [0.25, 0.3) is 0 Å². The lowest BCUT2D eigenvalue weighted by Gasteiger charge is -2.06. The Hall–Kier alpha value is -1.40. The van der Waals surface area contributed by atoms with Crippen LogP contribution in [0.15, 0.2) is 28.7 Å². The molecule has 1 aromatic carbocycles. The van der Waals surface area contributed by atoms with E-state index in [-0.39, 0.29) is 18.4 Å². The van der Waals surface area contributed by atoms with Gasteiger partial charge < -0.3 is 16.4 Å². The molecule has 5 nitrogen and oxygen atoms in total. The average Bonchev–Trinajstić information content (AvgIpc) is 2.36. The minimum atomic E-state index is -0.273. The fraction of sp³-hybridized carbons (Fsp3) is 0.333. The standard InChI is InChI=1S/C12H16BrN3O2/c13-10-4-1-3-9(7-10)12(18)16-8-11(17)15-6-2-5-14/h1,3-4,7H,2,5-6,8,14H2,(H,15,17)(H,16,18). The number of benzene rings is 1. The SMILES string of the molecule is NCCCNC(=O)CNC(=O)c1cccc(Br)c1. The van der Waals surface area contributed by atoms with Crippen LogP contribution in [0.5, 0.6) is 0 Å². The second kappa shape index (κ2) is 7.84. The van der Waals surface area contributed by atoms with E-state index in [0.29, 0.717) is 18.7 Å². The molecule has 0 bridgehead atoms. The van der Waals surface area contributed by atoms with Gasteiger partial charge in [-0.2, -0.15) is 0 Å². The van der Waals surface area contributed by atoms with Crippen molar-refractivity contribution in [3.05, 3.63) is 34.3 Å². The molecule has 1 rings (SSSR count). The summed E-state index contributed by atoms with van der Waals surface area (Å²) in [5, 5.41) is 5.21. The van der Waals surface area contributed by atoms with Gasteiger partial charge in [0.25, 0.3) is 5.91 Å². The van der Waals surface area contributed by atoms with Gasteiger partial charge in [0.15, 0.2) is 0 Å². The van der Waals surface area contributed by atoms with E-state index in [1.165, 1.54) is 0 Å². The molecule has 0 saturated heterocycles. The number of nitrogens with two attached hydrogens (primary N) is 1. The van der Waals surface area contributed by atoms with Gasteiger partial charge in [-0.05, 0) is 31.2 Å². The summed E-state index contributed by atoms with van der Waals surface area (Å²) in [6.07, 6.45) is 0.727. The van der Waals surface area contributed by atoms with Crippen LogP contribution in [0.4, 0.5) is 0 Å². The summed E-state index contributed by atoms with van der Waals surface area (Å²) in [7, 11) is 0. The number of nitrogens with one attached hydrogen (secondary N) is 2. The number of rotatable bonds is 6. The van der Waals surface area contributed by atoms with Crippen molar-refractivity contribution < 1.29 is 9.59 Å². The molecule has 0 saturated carbocycles. The van der Waals surface area contributed by atoms with Crippen LogP contribution in [0.2, 0.25) is 0 Å². The van der Waals surface area contributed by atoms with Crippen LogP contribution in [-0.2, 0) is 4.79 Å². The van der Waals surface area contributed by atoms with Gasteiger partial charge in [0.1, 0.15) is 0 Å². The van der Waals surface area contributed by atoms with Crippen molar-refractivity contribution in [3.63, 3.8) is 0 Å². The summed E-state index contributed by atoms with van der Waals surface area (Å²) in [6.45, 7) is 1.03. The van der Waals surface area contributed by atoms with Crippen LogP contribution >= 0.6 is 15.9 Å². The highest BCUT2D eigenvalue weighted by atomic mass is 79.9. The van der Waals surface area contributed by atoms with Gasteiger partial charge in [0.05, 0.1) is 6.54 Å². The van der Waals surface area contributed by atoms with Crippen molar-refractivity contribution >= 4 is 27.7 Å². The fourth-order valence-electron chi connectivity index (χ4n) is 1.28. The number of carbonyl (C=O) groups is 2. The van der Waals surface area contributed by atoms with Crippen molar-refractivity contribution in [2.24, 2.45) is 5.73 Å². The summed E-state index contributed by atoms with van der Waals surface area (Å²) in [6, 6.07) is 6.98. The maximum absolute atomic E-state index is 11.7. The quantitative estimate of drug-likeness (QED) is 0.674. The van der Waals surface area contributed by atoms with Crippen LogP contribution in [-0.4, -0.2) is 31.4 Å². The van der Waals surface area contributed by atoms with Crippen molar-refractivity contribution in [3.8, 4) is 0 Å². The fourth-order valence-corrected chi connectivity index (χ4v) is 1.68. The van der Waals surface area contributed by atoms with Gasteiger partial charge in [-0.25, -0.2) is 0 Å². The molecule has 0 heterocycles. The Kier molecular flexibility index (Phi) is 6.38. The van der Waals surface area contributed by atoms with E-state index in [9.17, 15) is 9.59 Å². The molecule has 0 fully saturated rings.